The van der Waals surface area contributed by atoms with E-state index in [2.05, 4.69) is 6.58 Å². The SMILES string of the molecule is C=CCCC[CH]C(F)(F)F. The molecule has 0 aliphatic carbocycles. The van der Waals surface area contributed by atoms with E-state index in [-0.39, 0.29) is 6.42 Å². The van der Waals surface area contributed by atoms with E-state index in [0.717, 1.165) is 0 Å². The van der Waals surface area contributed by atoms with Gasteiger partial charge in [0.25, 0.3) is 0 Å². The van der Waals surface area contributed by atoms with Crippen LogP contribution in [0.15, 0.2) is 12.7 Å². The van der Waals surface area contributed by atoms with Crippen LogP contribution >= 0.6 is 0 Å². The Morgan fingerprint density at radius 2 is 1.80 bits per heavy atom. The molecule has 0 aromatic rings. The first-order valence-corrected chi connectivity index (χ1v) is 3.08. The third kappa shape index (κ3) is 7.53. The smallest absolute Gasteiger partial charge is 0.171 e. The van der Waals surface area contributed by atoms with Gasteiger partial charge in [0, 0.05) is 0 Å². The first kappa shape index (κ1) is 9.53. The van der Waals surface area contributed by atoms with Gasteiger partial charge in [0.05, 0.1) is 6.42 Å². The minimum atomic E-state index is -4.11. The van der Waals surface area contributed by atoms with Crippen molar-refractivity contribution < 1.29 is 13.2 Å². The van der Waals surface area contributed by atoms with Gasteiger partial charge in [-0.1, -0.05) is 6.08 Å². The van der Waals surface area contributed by atoms with Crippen molar-refractivity contribution in [3.05, 3.63) is 19.1 Å². The molecular formula is C7H10F3. The third-order valence-electron chi connectivity index (χ3n) is 0.988. The highest BCUT2D eigenvalue weighted by atomic mass is 19.4. The molecule has 3 heteroatoms. The van der Waals surface area contributed by atoms with Crippen LogP contribution in [0.3, 0.4) is 0 Å². The van der Waals surface area contributed by atoms with Crippen LogP contribution in [0, 0.1) is 6.42 Å². The second-order valence-electron chi connectivity index (χ2n) is 1.97. The summed E-state index contributed by atoms with van der Waals surface area (Å²) in [6.45, 7) is 3.40. The molecule has 0 amide bonds. The highest BCUT2D eigenvalue weighted by molar-refractivity contribution is 4.76. The Balaban J connectivity index is 3.12. The van der Waals surface area contributed by atoms with Crippen LogP contribution in [0.4, 0.5) is 13.2 Å². The molecule has 0 unspecified atom stereocenters. The van der Waals surface area contributed by atoms with Crippen LogP contribution in [0.5, 0.6) is 0 Å². The predicted molar refractivity (Wildman–Crippen MR) is 34.4 cm³/mol. The maximum Gasteiger partial charge on any atom is 0.392 e. The Labute approximate surface area is 58.7 Å². The molecule has 0 nitrogen and oxygen atoms in total. The first-order valence-electron chi connectivity index (χ1n) is 3.08. The number of unbranched alkanes of at least 4 members (excludes halogenated alkanes) is 2. The molecule has 0 N–H and O–H groups in total. The summed E-state index contributed by atoms with van der Waals surface area (Å²) in [5, 5.41) is 0. The third-order valence-corrected chi connectivity index (χ3v) is 0.988. The molecular weight excluding hydrogens is 141 g/mol. The van der Waals surface area contributed by atoms with Gasteiger partial charge in [-0.15, -0.1) is 6.58 Å². The summed E-state index contributed by atoms with van der Waals surface area (Å²) in [4.78, 5) is 0. The zero-order valence-corrected chi connectivity index (χ0v) is 5.62. The van der Waals surface area contributed by atoms with Gasteiger partial charge in [-0.25, -0.2) is 0 Å². The highest BCUT2D eigenvalue weighted by Gasteiger charge is 2.26. The number of halogens is 3. The molecule has 0 aromatic carbocycles. The quantitative estimate of drug-likeness (QED) is 0.427. The standard InChI is InChI=1S/C7H10F3/c1-2-3-4-5-6-7(8,9)10/h2,6H,1,3-5H2. The number of allylic oxidation sites excluding steroid dienone is 1. The Bertz CT molecular complexity index is 93.5. The second kappa shape index (κ2) is 4.36. The van der Waals surface area contributed by atoms with Crippen LogP contribution in [0.25, 0.3) is 0 Å². The van der Waals surface area contributed by atoms with Crippen molar-refractivity contribution in [2.45, 2.75) is 25.4 Å². The zero-order chi connectivity index (χ0) is 8.04. The molecule has 0 saturated heterocycles. The number of hydrogen-bond donors (Lipinski definition) is 0. The lowest BCUT2D eigenvalue weighted by molar-refractivity contribution is -0.0983. The molecule has 0 heterocycles. The van der Waals surface area contributed by atoms with Crippen molar-refractivity contribution in [3.63, 3.8) is 0 Å². The van der Waals surface area contributed by atoms with Crippen molar-refractivity contribution in [3.8, 4) is 0 Å². The minimum Gasteiger partial charge on any atom is -0.171 e. The lowest BCUT2D eigenvalue weighted by Gasteiger charge is -2.02. The van der Waals surface area contributed by atoms with Gasteiger partial charge >= 0.3 is 6.18 Å². The van der Waals surface area contributed by atoms with Crippen LogP contribution in [-0.2, 0) is 0 Å². The van der Waals surface area contributed by atoms with Crippen LogP contribution in [0.2, 0.25) is 0 Å². The summed E-state index contributed by atoms with van der Waals surface area (Å²) < 4.78 is 34.2. The average molecular weight is 151 g/mol. The Morgan fingerprint density at radius 3 is 2.20 bits per heavy atom. The summed E-state index contributed by atoms with van der Waals surface area (Å²) in [5.74, 6) is 0. The van der Waals surface area contributed by atoms with E-state index in [1.54, 1.807) is 6.08 Å². The topological polar surface area (TPSA) is 0 Å². The fraction of sp³-hybridized carbons (Fsp3) is 0.571. The Hall–Kier alpha value is -0.470. The molecule has 0 saturated carbocycles. The van der Waals surface area contributed by atoms with Crippen LogP contribution in [-0.4, -0.2) is 6.18 Å². The number of alkyl halides is 3. The van der Waals surface area contributed by atoms with Crippen molar-refractivity contribution in [2.24, 2.45) is 0 Å². The Morgan fingerprint density at radius 1 is 1.20 bits per heavy atom. The molecule has 0 atom stereocenters. The molecule has 0 aliphatic rings. The summed E-state index contributed by atoms with van der Waals surface area (Å²) >= 11 is 0. The molecule has 0 aliphatic heterocycles. The lowest BCUT2D eigenvalue weighted by atomic mass is 10.2. The normalized spacial score (nSPS) is 11.5. The Kier molecular flexibility index (Phi) is 4.16. The fourth-order valence-electron chi connectivity index (χ4n) is 0.528. The van der Waals surface area contributed by atoms with Gasteiger partial charge < -0.3 is 0 Å². The van der Waals surface area contributed by atoms with Crippen molar-refractivity contribution in [2.75, 3.05) is 0 Å². The molecule has 0 rings (SSSR count). The van der Waals surface area contributed by atoms with E-state index in [1.807, 2.05) is 0 Å². The van der Waals surface area contributed by atoms with E-state index in [9.17, 15) is 13.2 Å². The minimum absolute atomic E-state index is 0.0928. The molecule has 10 heavy (non-hydrogen) atoms. The van der Waals surface area contributed by atoms with E-state index >= 15 is 0 Å². The first-order chi connectivity index (χ1) is 4.56. The molecule has 0 spiro atoms. The second-order valence-corrected chi connectivity index (χ2v) is 1.97. The van der Waals surface area contributed by atoms with Crippen LogP contribution in [0.1, 0.15) is 19.3 Å². The maximum atomic E-state index is 11.4. The van der Waals surface area contributed by atoms with Crippen molar-refractivity contribution >= 4 is 0 Å². The highest BCUT2D eigenvalue weighted by Crippen LogP contribution is 2.21. The van der Waals surface area contributed by atoms with Gasteiger partial charge in [-0.2, -0.15) is 13.2 Å². The number of hydrogen-bond acceptors (Lipinski definition) is 0. The zero-order valence-electron chi connectivity index (χ0n) is 5.62. The van der Waals surface area contributed by atoms with Gasteiger partial charge in [-0.3, -0.25) is 0 Å². The van der Waals surface area contributed by atoms with E-state index in [4.69, 9.17) is 0 Å². The molecule has 59 valence electrons. The molecule has 0 bridgehead atoms. The molecule has 0 aromatic heterocycles. The van der Waals surface area contributed by atoms with E-state index in [1.165, 1.54) is 0 Å². The summed E-state index contributed by atoms with van der Waals surface area (Å²) in [7, 11) is 0. The predicted octanol–water partition coefficient (Wildman–Crippen LogP) is 3.11. The van der Waals surface area contributed by atoms with Gasteiger partial charge in [0.15, 0.2) is 0 Å². The summed E-state index contributed by atoms with van der Waals surface area (Å²) in [5.41, 5.74) is 0. The van der Waals surface area contributed by atoms with Crippen molar-refractivity contribution in [1.29, 1.82) is 0 Å². The largest absolute Gasteiger partial charge is 0.392 e. The van der Waals surface area contributed by atoms with Crippen molar-refractivity contribution in [1.82, 2.24) is 0 Å². The van der Waals surface area contributed by atoms with E-state index < -0.39 is 6.18 Å². The molecule has 0 fully saturated rings. The van der Waals surface area contributed by atoms with Crippen LogP contribution < -0.4 is 0 Å². The lowest BCUT2D eigenvalue weighted by Crippen LogP contribution is -2.07. The average Bonchev–Trinajstić information content (AvgIpc) is 1.78. The van der Waals surface area contributed by atoms with E-state index in [0.29, 0.717) is 19.3 Å². The van der Waals surface area contributed by atoms with Gasteiger partial charge in [0.1, 0.15) is 0 Å². The monoisotopic (exact) mass is 151 g/mol. The summed E-state index contributed by atoms with van der Waals surface area (Å²) in [6, 6.07) is 0. The summed E-state index contributed by atoms with van der Waals surface area (Å²) in [6.07, 6.45) is -0.854. The fourth-order valence-corrected chi connectivity index (χ4v) is 0.528. The molecule has 1 radical (unpaired) electrons. The number of rotatable bonds is 4. The maximum absolute atomic E-state index is 11.4. The van der Waals surface area contributed by atoms with Gasteiger partial charge in [0.2, 0.25) is 0 Å². The van der Waals surface area contributed by atoms with Gasteiger partial charge in [-0.05, 0) is 19.3 Å².